The number of nitrogens with one attached hydrogen (secondary N) is 2. The topological polar surface area (TPSA) is 93.5 Å². The van der Waals surface area contributed by atoms with E-state index in [0.29, 0.717) is 25.9 Å². The first-order valence-corrected chi connectivity index (χ1v) is 8.66. The van der Waals surface area contributed by atoms with Gasteiger partial charge in [-0.05, 0) is 24.0 Å². The van der Waals surface area contributed by atoms with E-state index in [1.165, 1.54) is 0 Å². The number of alkyl carbamates (subject to hydrolysis) is 1. The number of carbonyl (C=O) groups excluding carboxylic acids is 2. The minimum atomic E-state index is -0.471. The smallest absolute Gasteiger partial charge is 0.407 e. The van der Waals surface area contributed by atoms with Crippen LogP contribution in [0.1, 0.15) is 24.0 Å². The number of nitrogens with two attached hydrogens (primary N) is 1. The second kappa shape index (κ2) is 10.9. The Morgan fingerprint density at radius 2 is 1.58 bits per heavy atom. The molecule has 6 nitrogen and oxygen atoms in total. The van der Waals surface area contributed by atoms with E-state index in [-0.39, 0.29) is 6.61 Å². The molecule has 0 fully saturated rings. The number of carbonyl (C=O) groups is 2. The third kappa shape index (κ3) is 7.36. The molecular weight excluding hydrogens is 330 g/mol. The van der Waals surface area contributed by atoms with E-state index in [0.717, 1.165) is 11.1 Å². The van der Waals surface area contributed by atoms with Crippen molar-refractivity contribution < 1.29 is 14.3 Å². The van der Waals surface area contributed by atoms with Gasteiger partial charge in [-0.25, -0.2) is 4.79 Å². The molecule has 0 aliphatic rings. The molecule has 0 saturated carbocycles. The largest absolute Gasteiger partial charge is 0.445 e. The number of primary amides is 1. The van der Waals surface area contributed by atoms with Crippen molar-refractivity contribution in [1.29, 1.82) is 0 Å². The lowest BCUT2D eigenvalue weighted by Gasteiger charge is -2.15. The van der Waals surface area contributed by atoms with Gasteiger partial charge in [0, 0.05) is 13.1 Å². The molecule has 2 aromatic rings. The highest BCUT2D eigenvalue weighted by molar-refractivity contribution is 5.79. The predicted molar refractivity (Wildman–Crippen MR) is 100 cm³/mol. The fourth-order valence-electron chi connectivity index (χ4n) is 2.45. The number of ether oxygens (including phenoxy) is 1. The summed E-state index contributed by atoms with van der Waals surface area (Å²) >= 11 is 0. The van der Waals surface area contributed by atoms with E-state index in [9.17, 15) is 9.59 Å². The van der Waals surface area contributed by atoms with Crippen molar-refractivity contribution >= 4 is 12.0 Å². The highest BCUT2D eigenvalue weighted by atomic mass is 16.5. The number of hydrogen-bond acceptors (Lipinski definition) is 4. The Morgan fingerprint density at radius 3 is 2.19 bits per heavy atom. The Morgan fingerprint density at radius 1 is 0.962 bits per heavy atom. The van der Waals surface area contributed by atoms with E-state index < -0.39 is 18.0 Å². The van der Waals surface area contributed by atoms with Gasteiger partial charge in [-0.3, -0.25) is 4.79 Å². The van der Waals surface area contributed by atoms with E-state index in [1.54, 1.807) is 0 Å². The molecule has 0 bridgehead atoms. The summed E-state index contributed by atoms with van der Waals surface area (Å²) in [6.07, 6.45) is 0.693. The van der Waals surface area contributed by atoms with Crippen LogP contribution in [-0.2, 0) is 22.7 Å². The molecule has 0 aliphatic heterocycles. The lowest BCUT2D eigenvalue weighted by atomic mass is 10.1. The fourth-order valence-corrected chi connectivity index (χ4v) is 2.45. The molecule has 138 valence electrons. The molecular formula is C20H25N3O3. The first kappa shape index (κ1) is 19.5. The zero-order chi connectivity index (χ0) is 18.6. The molecule has 0 saturated heterocycles. The van der Waals surface area contributed by atoms with Gasteiger partial charge < -0.3 is 21.1 Å². The van der Waals surface area contributed by atoms with Gasteiger partial charge in [-0.2, -0.15) is 0 Å². The minimum absolute atomic E-state index is 0.231. The Labute approximate surface area is 153 Å². The molecule has 26 heavy (non-hydrogen) atoms. The van der Waals surface area contributed by atoms with Crippen LogP contribution in [0.5, 0.6) is 0 Å². The molecule has 0 aliphatic carbocycles. The van der Waals surface area contributed by atoms with Gasteiger partial charge in [-0.1, -0.05) is 60.7 Å². The summed E-state index contributed by atoms with van der Waals surface area (Å²) in [6, 6.07) is 18.8. The van der Waals surface area contributed by atoms with Crippen LogP contribution in [0.15, 0.2) is 60.7 Å². The standard InChI is InChI=1S/C20H25N3O3/c21-19(24)18(23-14-16-8-3-1-4-9-16)12-7-13-22-20(25)26-15-17-10-5-2-6-11-17/h1-6,8-11,18,23H,7,12-15H2,(H2,21,24)(H,22,25)/t18-/m1/s1. The predicted octanol–water partition coefficient (Wildman–Crippen LogP) is 2.34. The fraction of sp³-hybridized carbons (Fsp3) is 0.300. The van der Waals surface area contributed by atoms with Crippen LogP contribution >= 0.6 is 0 Å². The van der Waals surface area contributed by atoms with Crippen molar-refractivity contribution in [3.63, 3.8) is 0 Å². The van der Waals surface area contributed by atoms with E-state index >= 15 is 0 Å². The van der Waals surface area contributed by atoms with Crippen LogP contribution in [0, 0.1) is 0 Å². The van der Waals surface area contributed by atoms with Crippen molar-refractivity contribution in [2.24, 2.45) is 5.73 Å². The minimum Gasteiger partial charge on any atom is -0.445 e. The Balaban J connectivity index is 1.62. The van der Waals surface area contributed by atoms with E-state index in [2.05, 4.69) is 10.6 Å². The maximum atomic E-state index is 11.7. The summed E-state index contributed by atoms with van der Waals surface area (Å²) in [5.41, 5.74) is 7.46. The summed E-state index contributed by atoms with van der Waals surface area (Å²) in [6.45, 7) is 1.22. The lowest BCUT2D eigenvalue weighted by molar-refractivity contribution is -0.120. The monoisotopic (exact) mass is 355 g/mol. The Hall–Kier alpha value is -2.86. The lowest BCUT2D eigenvalue weighted by Crippen LogP contribution is -2.41. The average molecular weight is 355 g/mol. The van der Waals surface area contributed by atoms with Gasteiger partial charge in [0.05, 0.1) is 6.04 Å². The summed E-state index contributed by atoms with van der Waals surface area (Å²) < 4.78 is 5.13. The van der Waals surface area contributed by atoms with Crippen molar-refractivity contribution in [3.8, 4) is 0 Å². The van der Waals surface area contributed by atoms with Crippen LogP contribution in [0.2, 0.25) is 0 Å². The van der Waals surface area contributed by atoms with E-state index in [4.69, 9.17) is 10.5 Å². The van der Waals surface area contributed by atoms with Crippen molar-refractivity contribution in [2.45, 2.75) is 32.0 Å². The molecule has 2 amide bonds. The third-order valence-electron chi connectivity index (χ3n) is 3.89. The Bertz CT molecular complexity index is 677. The Kier molecular flexibility index (Phi) is 8.15. The maximum absolute atomic E-state index is 11.7. The molecule has 4 N–H and O–H groups in total. The molecule has 0 radical (unpaired) electrons. The molecule has 2 rings (SSSR count). The molecule has 0 unspecified atom stereocenters. The van der Waals surface area contributed by atoms with Crippen molar-refractivity contribution in [2.75, 3.05) is 6.54 Å². The summed E-state index contributed by atoms with van der Waals surface area (Å²) in [7, 11) is 0. The van der Waals surface area contributed by atoms with Crippen LogP contribution in [0.25, 0.3) is 0 Å². The molecule has 0 aromatic heterocycles. The summed E-state index contributed by atoms with van der Waals surface area (Å²) in [5.74, 6) is -0.396. The zero-order valence-electron chi connectivity index (χ0n) is 14.7. The van der Waals surface area contributed by atoms with Crippen LogP contribution in [0.4, 0.5) is 4.79 Å². The highest BCUT2D eigenvalue weighted by Crippen LogP contribution is 2.03. The number of amides is 2. The second-order valence-corrected chi connectivity index (χ2v) is 5.95. The second-order valence-electron chi connectivity index (χ2n) is 5.95. The van der Waals surface area contributed by atoms with E-state index in [1.807, 2.05) is 60.7 Å². The average Bonchev–Trinajstić information content (AvgIpc) is 2.67. The molecule has 6 heteroatoms. The molecule has 2 aromatic carbocycles. The van der Waals surface area contributed by atoms with Gasteiger partial charge in [0.25, 0.3) is 0 Å². The quantitative estimate of drug-likeness (QED) is 0.570. The van der Waals surface area contributed by atoms with Gasteiger partial charge in [0.2, 0.25) is 5.91 Å². The van der Waals surface area contributed by atoms with Crippen LogP contribution < -0.4 is 16.4 Å². The SMILES string of the molecule is NC(=O)[C@@H](CCCNC(=O)OCc1ccccc1)NCc1ccccc1. The molecule has 1 atom stereocenters. The molecule has 0 heterocycles. The summed E-state index contributed by atoms with van der Waals surface area (Å²) in [5, 5.41) is 5.83. The number of benzene rings is 2. The maximum Gasteiger partial charge on any atom is 0.407 e. The highest BCUT2D eigenvalue weighted by Gasteiger charge is 2.14. The third-order valence-corrected chi connectivity index (χ3v) is 3.89. The van der Waals surface area contributed by atoms with Gasteiger partial charge >= 0.3 is 6.09 Å². The first-order chi connectivity index (χ1) is 12.6. The number of hydrogen-bond donors (Lipinski definition) is 3. The van der Waals surface area contributed by atoms with Crippen molar-refractivity contribution in [1.82, 2.24) is 10.6 Å². The molecule has 0 spiro atoms. The normalized spacial score (nSPS) is 11.5. The first-order valence-electron chi connectivity index (χ1n) is 8.66. The zero-order valence-corrected chi connectivity index (χ0v) is 14.7. The van der Waals surface area contributed by atoms with Gasteiger partial charge in [0.1, 0.15) is 6.61 Å². The van der Waals surface area contributed by atoms with Gasteiger partial charge in [0.15, 0.2) is 0 Å². The summed E-state index contributed by atoms with van der Waals surface area (Å²) in [4.78, 5) is 23.2. The number of rotatable bonds is 10. The van der Waals surface area contributed by atoms with Crippen molar-refractivity contribution in [3.05, 3.63) is 71.8 Å². The van der Waals surface area contributed by atoms with Crippen LogP contribution in [-0.4, -0.2) is 24.6 Å². The van der Waals surface area contributed by atoms with Gasteiger partial charge in [-0.15, -0.1) is 0 Å². The van der Waals surface area contributed by atoms with Crippen LogP contribution in [0.3, 0.4) is 0 Å².